The molecule has 5 aromatic rings. The summed E-state index contributed by atoms with van der Waals surface area (Å²) in [5, 5.41) is 13.7. The topological polar surface area (TPSA) is 76.9 Å². The number of thiophene rings is 2. The molecular weight excluding hydrogens is 500 g/mol. The number of nitrogens with zero attached hydrogens (tertiary/aromatic N) is 3. The molecule has 3 heterocycles. The monoisotopic (exact) mass is 520 g/mol. The summed E-state index contributed by atoms with van der Waals surface area (Å²) in [6.45, 7) is 4.05. The molecule has 0 fully saturated rings. The predicted octanol–water partition coefficient (Wildman–Crippen LogP) is 6.23. The number of hydrogen-bond acceptors (Lipinski definition) is 6. The van der Waals surface area contributed by atoms with Gasteiger partial charge in [-0.1, -0.05) is 48.9 Å². The van der Waals surface area contributed by atoms with Crippen molar-refractivity contribution in [2.24, 2.45) is 0 Å². The molecule has 0 saturated heterocycles. The van der Waals surface area contributed by atoms with E-state index in [1.54, 1.807) is 24.3 Å². The zero-order chi connectivity index (χ0) is 24.5. The van der Waals surface area contributed by atoms with E-state index in [-0.39, 0.29) is 18.2 Å². The molecule has 0 aliphatic heterocycles. The van der Waals surface area contributed by atoms with Crippen LogP contribution in [-0.2, 0) is 13.0 Å². The van der Waals surface area contributed by atoms with Gasteiger partial charge in [0.1, 0.15) is 10.8 Å². The summed E-state index contributed by atoms with van der Waals surface area (Å²) in [5.41, 5.74) is 0.987. The quantitative estimate of drug-likeness (QED) is 0.258. The van der Waals surface area contributed by atoms with Crippen LogP contribution in [0.3, 0.4) is 0 Å². The van der Waals surface area contributed by atoms with Crippen molar-refractivity contribution in [1.82, 2.24) is 20.1 Å². The van der Waals surface area contributed by atoms with Crippen LogP contribution in [0, 0.1) is 6.92 Å². The van der Waals surface area contributed by atoms with E-state index in [1.807, 2.05) is 54.8 Å². The minimum Gasteiger partial charge on any atom is -0.344 e. The van der Waals surface area contributed by atoms with Gasteiger partial charge < -0.3 is 5.32 Å². The summed E-state index contributed by atoms with van der Waals surface area (Å²) in [6, 6.07) is 18.7. The van der Waals surface area contributed by atoms with Gasteiger partial charge in [-0.15, -0.1) is 32.9 Å². The number of carbonyl (C=O) groups is 2. The smallest absolute Gasteiger partial charge is 0.261 e. The van der Waals surface area contributed by atoms with Gasteiger partial charge in [0.25, 0.3) is 5.91 Å². The molecule has 9 heteroatoms. The number of aryl methyl sites for hydroxylation is 2. The Labute approximate surface area is 215 Å². The van der Waals surface area contributed by atoms with Crippen molar-refractivity contribution in [2.45, 2.75) is 26.8 Å². The number of amides is 1. The second kappa shape index (κ2) is 9.73. The molecule has 0 atom stereocenters. The van der Waals surface area contributed by atoms with Gasteiger partial charge in [-0.3, -0.25) is 14.2 Å². The third kappa shape index (κ3) is 4.52. The first kappa shape index (κ1) is 23.4. The number of nitrogens with one attached hydrogen (secondary N) is 1. The number of aromatic nitrogens is 3. The van der Waals surface area contributed by atoms with Crippen molar-refractivity contribution in [3.63, 3.8) is 0 Å². The maximum atomic E-state index is 13.5. The molecule has 176 valence electrons. The first-order valence-corrected chi connectivity index (χ1v) is 13.1. The largest absolute Gasteiger partial charge is 0.344 e. The molecule has 5 rings (SSSR count). The van der Waals surface area contributed by atoms with E-state index in [0.717, 1.165) is 26.4 Å². The fourth-order valence-corrected chi connectivity index (χ4v) is 6.21. The number of carbonyl (C=O) groups excluding carboxylic acids is 2. The van der Waals surface area contributed by atoms with Gasteiger partial charge in [-0.25, -0.2) is 0 Å². The molecule has 35 heavy (non-hydrogen) atoms. The second-order valence-electron chi connectivity index (χ2n) is 7.92. The molecule has 0 saturated carbocycles. The van der Waals surface area contributed by atoms with E-state index in [4.69, 9.17) is 11.6 Å². The Morgan fingerprint density at radius 3 is 2.54 bits per heavy atom. The summed E-state index contributed by atoms with van der Waals surface area (Å²) < 4.78 is 2.91. The summed E-state index contributed by atoms with van der Waals surface area (Å²) in [5.74, 6) is 0.851. The van der Waals surface area contributed by atoms with Gasteiger partial charge in [0.05, 0.1) is 22.0 Å². The number of rotatable bonds is 7. The average molecular weight is 521 g/mol. The van der Waals surface area contributed by atoms with Gasteiger partial charge in [0, 0.05) is 15.1 Å². The lowest BCUT2D eigenvalue weighted by Gasteiger charge is -2.10. The summed E-state index contributed by atoms with van der Waals surface area (Å²) in [7, 11) is 0. The van der Waals surface area contributed by atoms with Gasteiger partial charge in [-0.05, 0) is 49.1 Å². The molecule has 0 aliphatic carbocycles. The standard InChI is InChI=1S/C26H21ClN4O2S2/c1-3-17-13-19(24(32)18-9-5-6-10-20(18)27)26(34-17)31-15(2)29-30-23(31)14-28-25(33)22-12-16-8-4-7-11-21(16)35-22/h4-13H,3,14H2,1-2H3,(H,28,33). The summed E-state index contributed by atoms with van der Waals surface area (Å²) in [4.78, 5) is 28.0. The van der Waals surface area contributed by atoms with Crippen LogP contribution in [0.4, 0.5) is 0 Å². The fraction of sp³-hybridized carbons (Fsp3) is 0.154. The van der Waals surface area contributed by atoms with Crippen molar-refractivity contribution in [2.75, 3.05) is 0 Å². The number of halogens is 1. The van der Waals surface area contributed by atoms with Crippen LogP contribution in [-0.4, -0.2) is 26.5 Å². The Hall–Kier alpha value is -3.33. The molecule has 2 aromatic carbocycles. The Morgan fingerprint density at radius 1 is 1.00 bits per heavy atom. The Morgan fingerprint density at radius 2 is 1.77 bits per heavy atom. The highest BCUT2D eigenvalue weighted by molar-refractivity contribution is 7.20. The second-order valence-corrected chi connectivity index (χ2v) is 10.5. The minimum atomic E-state index is -0.175. The van der Waals surface area contributed by atoms with E-state index in [0.29, 0.717) is 32.7 Å². The van der Waals surface area contributed by atoms with Crippen molar-refractivity contribution in [3.8, 4) is 5.00 Å². The van der Waals surface area contributed by atoms with Gasteiger partial charge >= 0.3 is 0 Å². The highest BCUT2D eigenvalue weighted by Crippen LogP contribution is 2.32. The van der Waals surface area contributed by atoms with Crippen LogP contribution >= 0.6 is 34.3 Å². The van der Waals surface area contributed by atoms with E-state index in [9.17, 15) is 9.59 Å². The van der Waals surface area contributed by atoms with Crippen LogP contribution in [0.1, 0.15) is 49.0 Å². The highest BCUT2D eigenvalue weighted by atomic mass is 35.5. The first-order valence-electron chi connectivity index (χ1n) is 11.1. The van der Waals surface area contributed by atoms with Crippen LogP contribution in [0.15, 0.2) is 60.7 Å². The summed E-state index contributed by atoms with van der Waals surface area (Å²) >= 11 is 9.29. The lowest BCUT2D eigenvalue weighted by molar-refractivity contribution is 0.0953. The van der Waals surface area contributed by atoms with Crippen LogP contribution in [0.2, 0.25) is 5.02 Å². The van der Waals surface area contributed by atoms with Gasteiger partial charge in [0.15, 0.2) is 11.6 Å². The van der Waals surface area contributed by atoms with Gasteiger partial charge in [-0.2, -0.15) is 0 Å². The van der Waals surface area contributed by atoms with Crippen LogP contribution < -0.4 is 5.32 Å². The lowest BCUT2D eigenvalue weighted by Crippen LogP contribution is -2.24. The summed E-state index contributed by atoms with van der Waals surface area (Å²) in [6.07, 6.45) is 0.784. The number of fused-ring (bicyclic) bond motifs is 1. The SMILES string of the molecule is CCc1cc(C(=O)c2ccccc2Cl)c(-n2c(C)nnc2CNC(=O)c2cc3ccccc3s2)s1. The fourth-order valence-electron chi connectivity index (χ4n) is 3.85. The van der Waals surface area contributed by atoms with Crippen molar-refractivity contribution < 1.29 is 9.59 Å². The third-order valence-corrected chi connectivity index (χ3v) is 8.34. The zero-order valence-corrected chi connectivity index (χ0v) is 21.4. The number of hydrogen-bond donors (Lipinski definition) is 1. The van der Waals surface area contributed by atoms with Crippen molar-refractivity contribution in [3.05, 3.63) is 98.2 Å². The Kier molecular flexibility index (Phi) is 6.51. The van der Waals surface area contributed by atoms with Crippen molar-refractivity contribution in [1.29, 1.82) is 0 Å². The molecule has 3 aromatic heterocycles. The Bertz CT molecular complexity index is 1530. The van der Waals surface area contributed by atoms with Gasteiger partial charge in [0.2, 0.25) is 0 Å². The predicted molar refractivity (Wildman–Crippen MR) is 141 cm³/mol. The number of benzene rings is 2. The van der Waals surface area contributed by atoms with Crippen LogP contribution in [0.25, 0.3) is 15.1 Å². The van der Waals surface area contributed by atoms with E-state index < -0.39 is 0 Å². The third-order valence-electron chi connectivity index (χ3n) is 5.63. The molecule has 6 nitrogen and oxygen atoms in total. The molecular formula is C26H21ClN4O2S2. The molecule has 0 aliphatic rings. The van der Waals surface area contributed by atoms with E-state index in [1.165, 1.54) is 22.7 Å². The molecule has 0 bridgehead atoms. The zero-order valence-electron chi connectivity index (χ0n) is 19.0. The molecule has 0 unspecified atom stereocenters. The van der Waals surface area contributed by atoms with Crippen molar-refractivity contribution >= 4 is 56.1 Å². The van der Waals surface area contributed by atoms with Crippen LogP contribution in [0.5, 0.6) is 0 Å². The highest BCUT2D eigenvalue weighted by Gasteiger charge is 2.24. The minimum absolute atomic E-state index is 0.157. The molecule has 1 amide bonds. The molecule has 1 N–H and O–H groups in total. The lowest BCUT2D eigenvalue weighted by atomic mass is 10.0. The molecule has 0 spiro atoms. The Balaban J connectivity index is 1.46. The maximum absolute atomic E-state index is 13.5. The average Bonchev–Trinajstić information content (AvgIpc) is 3.58. The van der Waals surface area contributed by atoms with E-state index in [2.05, 4.69) is 15.5 Å². The number of ketones is 1. The normalized spacial score (nSPS) is 11.2. The maximum Gasteiger partial charge on any atom is 0.261 e. The first-order chi connectivity index (χ1) is 17.0. The molecule has 0 radical (unpaired) electrons. The van der Waals surface area contributed by atoms with E-state index >= 15 is 0 Å².